The molecule has 0 saturated carbocycles. The number of carboxylic acid groups (broad SMARTS) is 1. The maximum atomic E-state index is 10.5. The molecule has 1 aromatic heterocycles. The number of hydrogen-bond acceptors (Lipinski definition) is 2. The van der Waals surface area contributed by atoms with Gasteiger partial charge in [0, 0.05) is 11.8 Å². The lowest BCUT2D eigenvalue weighted by Crippen LogP contribution is -2.04. The van der Waals surface area contributed by atoms with E-state index in [1.54, 1.807) is 10.9 Å². The van der Waals surface area contributed by atoms with Gasteiger partial charge in [-0.15, -0.1) is 0 Å². The molecular formula is C14H16N2O2. The molecule has 0 aliphatic rings. The van der Waals surface area contributed by atoms with Gasteiger partial charge >= 0.3 is 5.97 Å². The molecule has 0 unspecified atom stereocenters. The first-order valence-electron chi connectivity index (χ1n) is 5.88. The lowest BCUT2D eigenvalue weighted by atomic mass is 10.0. The van der Waals surface area contributed by atoms with Crippen LogP contribution in [0.2, 0.25) is 0 Å². The maximum absolute atomic E-state index is 10.5. The molecule has 0 aliphatic carbocycles. The molecule has 1 heterocycles. The molecule has 18 heavy (non-hydrogen) atoms. The molecule has 4 nitrogen and oxygen atoms in total. The van der Waals surface area contributed by atoms with E-state index in [0.29, 0.717) is 6.54 Å². The zero-order valence-corrected chi connectivity index (χ0v) is 10.6. The molecule has 2 rings (SSSR count). The van der Waals surface area contributed by atoms with Gasteiger partial charge in [-0.2, -0.15) is 5.10 Å². The van der Waals surface area contributed by atoms with Gasteiger partial charge < -0.3 is 5.11 Å². The Balaban J connectivity index is 2.21. The summed E-state index contributed by atoms with van der Waals surface area (Å²) >= 11 is 0. The SMILES string of the molecule is Cc1ccc(-c2cnn(CCC(=O)O)c2)c(C)c1. The molecule has 1 N–H and O–H groups in total. The van der Waals surface area contributed by atoms with Crippen molar-refractivity contribution in [2.45, 2.75) is 26.8 Å². The van der Waals surface area contributed by atoms with Crippen LogP contribution in [0, 0.1) is 13.8 Å². The summed E-state index contributed by atoms with van der Waals surface area (Å²) in [5, 5.41) is 12.8. The van der Waals surface area contributed by atoms with E-state index >= 15 is 0 Å². The number of aryl methyl sites for hydroxylation is 3. The molecule has 0 atom stereocenters. The summed E-state index contributed by atoms with van der Waals surface area (Å²) in [6.07, 6.45) is 3.76. The fourth-order valence-corrected chi connectivity index (χ4v) is 1.97. The van der Waals surface area contributed by atoms with Gasteiger partial charge in [0.2, 0.25) is 0 Å². The molecule has 0 radical (unpaired) electrons. The van der Waals surface area contributed by atoms with Gasteiger partial charge in [0.25, 0.3) is 0 Å². The van der Waals surface area contributed by atoms with Gasteiger partial charge in [0.15, 0.2) is 0 Å². The van der Waals surface area contributed by atoms with Gasteiger partial charge in [-0.05, 0) is 25.0 Å². The quantitative estimate of drug-likeness (QED) is 0.899. The second-order valence-corrected chi connectivity index (χ2v) is 4.45. The van der Waals surface area contributed by atoms with Crippen molar-refractivity contribution in [3.63, 3.8) is 0 Å². The van der Waals surface area contributed by atoms with E-state index in [4.69, 9.17) is 5.11 Å². The molecule has 0 bridgehead atoms. The van der Waals surface area contributed by atoms with E-state index in [0.717, 1.165) is 11.1 Å². The highest BCUT2D eigenvalue weighted by Gasteiger charge is 2.06. The van der Waals surface area contributed by atoms with E-state index in [9.17, 15) is 4.79 Å². The first kappa shape index (κ1) is 12.4. The summed E-state index contributed by atoms with van der Waals surface area (Å²) in [7, 11) is 0. The van der Waals surface area contributed by atoms with E-state index in [-0.39, 0.29) is 6.42 Å². The van der Waals surface area contributed by atoms with Crippen molar-refractivity contribution >= 4 is 5.97 Å². The number of benzene rings is 1. The first-order chi connectivity index (χ1) is 8.56. The molecule has 4 heteroatoms. The molecule has 0 saturated heterocycles. The van der Waals surface area contributed by atoms with Crippen LogP contribution in [-0.4, -0.2) is 20.9 Å². The van der Waals surface area contributed by atoms with Crippen molar-refractivity contribution in [1.29, 1.82) is 0 Å². The molecule has 94 valence electrons. The molecule has 0 spiro atoms. The smallest absolute Gasteiger partial charge is 0.305 e. The summed E-state index contributed by atoms with van der Waals surface area (Å²) in [6, 6.07) is 6.27. The third-order valence-electron chi connectivity index (χ3n) is 2.88. The Morgan fingerprint density at radius 1 is 1.39 bits per heavy atom. The van der Waals surface area contributed by atoms with Gasteiger partial charge in [-0.1, -0.05) is 23.8 Å². The van der Waals surface area contributed by atoms with E-state index < -0.39 is 5.97 Å². The van der Waals surface area contributed by atoms with Crippen LogP contribution in [0.1, 0.15) is 17.5 Å². The van der Waals surface area contributed by atoms with Crippen LogP contribution < -0.4 is 0 Å². The number of aromatic nitrogens is 2. The van der Waals surface area contributed by atoms with Crippen LogP contribution in [0.3, 0.4) is 0 Å². The van der Waals surface area contributed by atoms with Crippen LogP contribution in [-0.2, 0) is 11.3 Å². The largest absolute Gasteiger partial charge is 0.481 e. The van der Waals surface area contributed by atoms with Crippen LogP contribution in [0.4, 0.5) is 0 Å². The normalized spacial score (nSPS) is 10.6. The number of carboxylic acids is 1. The minimum Gasteiger partial charge on any atom is -0.481 e. The molecule has 0 aliphatic heterocycles. The summed E-state index contributed by atoms with van der Waals surface area (Å²) in [6.45, 7) is 4.53. The van der Waals surface area contributed by atoms with E-state index in [2.05, 4.69) is 37.1 Å². The fourth-order valence-electron chi connectivity index (χ4n) is 1.97. The van der Waals surface area contributed by atoms with Gasteiger partial charge in [0.05, 0.1) is 19.2 Å². The fraction of sp³-hybridized carbons (Fsp3) is 0.286. The van der Waals surface area contributed by atoms with Crippen molar-refractivity contribution in [2.75, 3.05) is 0 Å². The first-order valence-corrected chi connectivity index (χ1v) is 5.88. The van der Waals surface area contributed by atoms with Crippen molar-refractivity contribution in [2.24, 2.45) is 0 Å². The highest BCUT2D eigenvalue weighted by atomic mass is 16.4. The van der Waals surface area contributed by atoms with Crippen LogP contribution >= 0.6 is 0 Å². The highest BCUT2D eigenvalue weighted by Crippen LogP contribution is 2.23. The standard InChI is InChI=1S/C14H16N2O2/c1-10-3-4-13(11(2)7-10)12-8-15-16(9-12)6-5-14(17)18/h3-4,7-9H,5-6H2,1-2H3,(H,17,18). The molecule has 0 fully saturated rings. The third-order valence-corrected chi connectivity index (χ3v) is 2.88. The predicted octanol–water partition coefficient (Wildman–Crippen LogP) is 2.64. The molecular weight excluding hydrogens is 228 g/mol. The number of hydrogen-bond donors (Lipinski definition) is 1. The van der Waals surface area contributed by atoms with Crippen molar-refractivity contribution in [3.8, 4) is 11.1 Å². The lowest BCUT2D eigenvalue weighted by Gasteiger charge is -2.04. The van der Waals surface area contributed by atoms with Crippen LogP contribution in [0.25, 0.3) is 11.1 Å². The van der Waals surface area contributed by atoms with Crippen LogP contribution in [0.5, 0.6) is 0 Å². The Labute approximate surface area is 106 Å². The maximum Gasteiger partial charge on any atom is 0.305 e. The van der Waals surface area contributed by atoms with Crippen molar-refractivity contribution < 1.29 is 9.90 Å². The Hall–Kier alpha value is -2.10. The summed E-state index contributed by atoms with van der Waals surface area (Å²) in [5.74, 6) is -0.807. The predicted molar refractivity (Wildman–Crippen MR) is 69.4 cm³/mol. The average molecular weight is 244 g/mol. The van der Waals surface area contributed by atoms with E-state index in [1.807, 2.05) is 6.20 Å². The Morgan fingerprint density at radius 2 is 2.17 bits per heavy atom. The Kier molecular flexibility index (Phi) is 3.46. The Morgan fingerprint density at radius 3 is 2.83 bits per heavy atom. The minimum atomic E-state index is -0.807. The minimum absolute atomic E-state index is 0.0913. The summed E-state index contributed by atoms with van der Waals surface area (Å²) < 4.78 is 1.67. The summed E-state index contributed by atoms with van der Waals surface area (Å²) in [5.41, 5.74) is 4.60. The second-order valence-electron chi connectivity index (χ2n) is 4.45. The monoisotopic (exact) mass is 244 g/mol. The van der Waals surface area contributed by atoms with Crippen LogP contribution in [0.15, 0.2) is 30.6 Å². The number of carbonyl (C=O) groups is 1. The zero-order chi connectivity index (χ0) is 13.1. The lowest BCUT2D eigenvalue weighted by molar-refractivity contribution is -0.137. The van der Waals surface area contributed by atoms with Crippen molar-refractivity contribution in [3.05, 3.63) is 41.7 Å². The molecule has 0 amide bonds. The topological polar surface area (TPSA) is 55.1 Å². The van der Waals surface area contributed by atoms with E-state index in [1.165, 1.54) is 11.1 Å². The number of aliphatic carboxylic acids is 1. The number of nitrogens with zero attached hydrogens (tertiary/aromatic N) is 2. The van der Waals surface area contributed by atoms with Gasteiger partial charge in [-0.25, -0.2) is 0 Å². The van der Waals surface area contributed by atoms with Gasteiger partial charge in [0.1, 0.15) is 0 Å². The van der Waals surface area contributed by atoms with Gasteiger partial charge in [-0.3, -0.25) is 9.48 Å². The second kappa shape index (κ2) is 5.04. The molecule has 2 aromatic rings. The van der Waals surface area contributed by atoms with Crippen molar-refractivity contribution in [1.82, 2.24) is 9.78 Å². The zero-order valence-electron chi connectivity index (χ0n) is 10.6. The average Bonchev–Trinajstić information content (AvgIpc) is 2.75. The summed E-state index contributed by atoms with van der Waals surface area (Å²) in [4.78, 5) is 10.5. The number of rotatable bonds is 4. The molecule has 1 aromatic carbocycles. The Bertz CT molecular complexity index is 573. The third kappa shape index (κ3) is 2.77. The highest BCUT2D eigenvalue weighted by molar-refractivity contribution is 5.67.